The third-order valence-corrected chi connectivity index (χ3v) is 2.43. The molecule has 1 aromatic heterocycles. The molecule has 2 N–H and O–H groups in total. The zero-order chi connectivity index (χ0) is 12.2. The number of furan rings is 1. The number of halogens is 1. The van der Waals surface area contributed by atoms with Gasteiger partial charge in [-0.25, -0.2) is 0 Å². The van der Waals surface area contributed by atoms with Crippen LogP contribution in [0.25, 0.3) is 6.08 Å². The molecule has 0 atom stereocenters. The highest BCUT2D eigenvalue weighted by Crippen LogP contribution is 2.11. The van der Waals surface area contributed by atoms with Crippen molar-refractivity contribution in [3.8, 4) is 0 Å². The van der Waals surface area contributed by atoms with E-state index in [1.54, 1.807) is 26.0 Å². The first-order valence-corrected chi connectivity index (χ1v) is 5.87. The van der Waals surface area contributed by atoms with Gasteiger partial charge in [0.2, 0.25) is 5.91 Å². The summed E-state index contributed by atoms with van der Waals surface area (Å²) in [5.74, 6) is 0.367. The Hall–Kier alpha value is -0.820. The highest BCUT2D eigenvalue weighted by atomic mass is 127. The summed E-state index contributed by atoms with van der Waals surface area (Å²) in [6.45, 7) is 3.38. The van der Waals surface area contributed by atoms with Crippen molar-refractivity contribution >= 4 is 34.6 Å². The Morgan fingerprint density at radius 2 is 2.31 bits per heavy atom. The van der Waals surface area contributed by atoms with E-state index in [2.05, 4.69) is 27.9 Å². The SMILES string of the molecule is CC(C)(CO)NC(=O)/C=C/c1ccc(I)o1. The molecule has 88 valence electrons. The molecule has 1 heterocycles. The standard InChI is InChI=1S/C11H14INO3/c1-11(2,7-14)13-10(15)6-4-8-3-5-9(12)16-8/h3-6,14H,7H2,1-2H3,(H,13,15)/b6-4+. The van der Waals surface area contributed by atoms with Crippen LogP contribution in [0.3, 0.4) is 0 Å². The highest BCUT2D eigenvalue weighted by Gasteiger charge is 2.17. The molecule has 5 heteroatoms. The van der Waals surface area contributed by atoms with Crippen molar-refractivity contribution in [1.82, 2.24) is 5.32 Å². The summed E-state index contributed by atoms with van der Waals surface area (Å²) in [7, 11) is 0. The highest BCUT2D eigenvalue weighted by molar-refractivity contribution is 14.1. The Kier molecular flexibility index (Phi) is 4.55. The van der Waals surface area contributed by atoms with E-state index in [9.17, 15) is 4.79 Å². The molecule has 1 aromatic rings. The lowest BCUT2D eigenvalue weighted by molar-refractivity contribution is -0.118. The van der Waals surface area contributed by atoms with Gasteiger partial charge in [0.05, 0.1) is 12.1 Å². The molecule has 1 amide bonds. The van der Waals surface area contributed by atoms with E-state index >= 15 is 0 Å². The van der Waals surface area contributed by atoms with Crippen LogP contribution in [-0.4, -0.2) is 23.2 Å². The maximum atomic E-state index is 11.4. The zero-order valence-electron chi connectivity index (χ0n) is 9.16. The summed E-state index contributed by atoms with van der Waals surface area (Å²) in [5.41, 5.74) is -0.612. The van der Waals surface area contributed by atoms with Gasteiger partial charge in [0, 0.05) is 6.08 Å². The smallest absolute Gasteiger partial charge is 0.244 e. The number of aliphatic hydroxyl groups excluding tert-OH is 1. The molecule has 4 nitrogen and oxygen atoms in total. The minimum atomic E-state index is -0.612. The Bertz CT molecular complexity index is 396. The Balaban J connectivity index is 2.55. The van der Waals surface area contributed by atoms with E-state index in [4.69, 9.17) is 9.52 Å². The fourth-order valence-electron chi connectivity index (χ4n) is 0.990. The summed E-state index contributed by atoms with van der Waals surface area (Å²) in [6.07, 6.45) is 2.97. The maximum Gasteiger partial charge on any atom is 0.244 e. The molecule has 0 aromatic carbocycles. The molecule has 0 spiro atoms. The first-order chi connectivity index (χ1) is 7.43. The molecule has 0 aliphatic carbocycles. The van der Waals surface area contributed by atoms with Gasteiger partial charge >= 0.3 is 0 Å². The van der Waals surface area contributed by atoms with E-state index in [0.717, 1.165) is 3.77 Å². The van der Waals surface area contributed by atoms with Crippen molar-refractivity contribution in [2.24, 2.45) is 0 Å². The first kappa shape index (κ1) is 13.2. The van der Waals surface area contributed by atoms with Crippen LogP contribution >= 0.6 is 22.6 Å². The summed E-state index contributed by atoms with van der Waals surface area (Å²) in [5, 5.41) is 11.6. The van der Waals surface area contributed by atoms with Gasteiger partial charge in [-0.2, -0.15) is 0 Å². The van der Waals surface area contributed by atoms with Crippen molar-refractivity contribution < 1.29 is 14.3 Å². The number of hydrogen-bond acceptors (Lipinski definition) is 3. The fraction of sp³-hybridized carbons (Fsp3) is 0.364. The van der Waals surface area contributed by atoms with Crippen LogP contribution in [0, 0.1) is 3.77 Å². The largest absolute Gasteiger partial charge is 0.451 e. The van der Waals surface area contributed by atoms with Gasteiger partial charge in [0.25, 0.3) is 0 Å². The van der Waals surface area contributed by atoms with Crippen LogP contribution in [0.4, 0.5) is 0 Å². The third kappa shape index (κ3) is 4.36. The quantitative estimate of drug-likeness (QED) is 0.651. The molecule has 0 fully saturated rings. The second-order valence-electron chi connectivity index (χ2n) is 4.01. The average molecular weight is 335 g/mol. The Morgan fingerprint density at radius 1 is 1.62 bits per heavy atom. The maximum absolute atomic E-state index is 11.4. The van der Waals surface area contributed by atoms with Crippen LogP contribution in [0.5, 0.6) is 0 Å². The second-order valence-corrected chi connectivity index (χ2v) is 5.07. The molecule has 0 aliphatic heterocycles. The molecule has 1 rings (SSSR count). The Labute approximate surface area is 108 Å². The number of carbonyl (C=O) groups is 1. The normalized spacial score (nSPS) is 12.0. The molecule has 0 saturated carbocycles. The lowest BCUT2D eigenvalue weighted by Gasteiger charge is -2.22. The summed E-state index contributed by atoms with van der Waals surface area (Å²) >= 11 is 2.05. The van der Waals surface area contributed by atoms with E-state index < -0.39 is 5.54 Å². The number of aliphatic hydroxyl groups is 1. The third-order valence-electron chi connectivity index (χ3n) is 1.85. The lowest BCUT2D eigenvalue weighted by Crippen LogP contribution is -2.45. The number of rotatable bonds is 4. The summed E-state index contributed by atoms with van der Waals surface area (Å²) in [4.78, 5) is 11.4. The van der Waals surface area contributed by atoms with Gasteiger partial charge in [0.15, 0.2) is 3.77 Å². The number of carbonyl (C=O) groups excluding carboxylic acids is 1. The second kappa shape index (κ2) is 5.49. The summed E-state index contributed by atoms with van der Waals surface area (Å²) < 4.78 is 6.03. The molecule has 0 saturated heterocycles. The molecule has 0 unspecified atom stereocenters. The number of amides is 1. The lowest BCUT2D eigenvalue weighted by atomic mass is 10.1. The first-order valence-electron chi connectivity index (χ1n) is 4.79. The number of nitrogens with one attached hydrogen (secondary N) is 1. The van der Waals surface area contributed by atoms with Crippen molar-refractivity contribution in [2.75, 3.05) is 6.61 Å². The molecular weight excluding hydrogens is 321 g/mol. The molecular formula is C11H14INO3. The van der Waals surface area contributed by atoms with Crippen LogP contribution < -0.4 is 5.32 Å². The number of hydrogen-bond donors (Lipinski definition) is 2. The van der Waals surface area contributed by atoms with Gasteiger partial charge in [-0.1, -0.05) is 0 Å². The van der Waals surface area contributed by atoms with Crippen molar-refractivity contribution in [1.29, 1.82) is 0 Å². The van der Waals surface area contributed by atoms with Crippen LogP contribution in [0.2, 0.25) is 0 Å². The molecule has 0 aliphatic rings. The fourth-order valence-corrected chi connectivity index (χ4v) is 1.42. The zero-order valence-corrected chi connectivity index (χ0v) is 11.3. The van der Waals surface area contributed by atoms with Crippen LogP contribution in [0.1, 0.15) is 19.6 Å². The van der Waals surface area contributed by atoms with Crippen LogP contribution in [0.15, 0.2) is 22.6 Å². The van der Waals surface area contributed by atoms with Crippen molar-refractivity contribution in [3.05, 3.63) is 27.7 Å². The van der Waals surface area contributed by atoms with E-state index in [0.29, 0.717) is 5.76 Å². The predicted molar refractivity (Wildman–Crippen MR) is 69.8 cm³/mol. The minimum absolute atomic E-state index is 0.106. The summed E-state index contributed by atoms with van der Waals surface area (Å²) in [6, 6.07) is 3.60. The van der Waals surface area contributed by atoms with Crippen molar-refractivity contribution in [3.63, 3.8) is 0 Å². The molecule has 0 radical (unpaired) electrons. The van der Waals surface area contributed by atoms with E-state index in [1.807, 2.05) is 6.07 Å². The van der Waals surface area contributed by atoms with Crippen LogP contribution in [-0.2, 0) is 4.79 Å². The van der Waals surface area contributed by atoms with Gasteiger partial charge in [0.1, 0.15) is 5.76 Å². The van der Waals surface area contributed by atoms with Gasteiger partial charge in [-0.05, 0) is 54.6 Å². The van der Waals surface area contributed by atoms with Gasteiger partial charge in [-0.15, -0.1) is 0 Å². The topological polar surface area (TPSA) is 62.5 Å². The van der Waals surface area contributed by atoms with Gasteiger partial charge in [-0.3, -0.25) is 4.79 Å². The van der Waals surface area contributed by atoms with E-state index in [-0.39, 0.29) is 12.5 Å². The molecule has 16 heavy (non-hydrogen) atoms. The monoisotopic (exact) mass is 335 g/mol. The molecule has 0 bridgehead atoms. The van der Waals surface area contributed by atoms with E-state index in [1.165, 1.54) is 6.08 Å². The van der Waals surface area contributed by atoms with Gasteiger partial charge < -0.3 is 14.8 Å². The van der Waals surface area contributed by atoms with Crippen molar-refractivity contribution in [2.45, 2.75) is 19.4 Å². The average Bonchev–Trinajstić information content (AvgIpc) is 2.61. The Morgan fingerprint density at radius 3 is 2.81 bits per heavy atom. The predicted octanol–water partition coefficient (Wildman–Crippen LogP) is 1.78. The minimum Gasteiger partial charge on any atom is -0.451 e.